The van der Waals surface area contributed by atoms with Crippen LogP contribution in [0.15, 0.2) is 18.2 Å². The van der Waals surface area contributed by atoms with Crippen molar-refractivity contribution in [3.8, 4) is 11.5 Å². The zero-order chi connectivity index (χ0) is 46.9. The highest BCUT2D eigenvalue weighted by molar-refractivity contribution is 5.98. The lowest BCUT2D eigenvalue weighted by Gasteiger charge is -2.34. The highest BCUT2D eigenvalue weighted by atomic mass is 16.5. The second-order valence-electron chi connectivity index (χ2n) is 16.4. The summed E-state index contributed by atoms with van der Waals surface area (Å²) in [5.74, 6) is -7.49. The molecule has 3 heterocycles. The van der Waals surface area contributed by atoms with Gasteiger partial charge in [-0.15, -0.1) is 0 Å². The number of amides is 6. The van der Waals surface area contributed by atoms with Crippen LogP contribution in [0.4, 0.5) is 0 Å². The average molecular weight is 899 g/mol. The van der Waals surface area contributed by atoms with Crippen LogP contribution in [0.1, 0.15) is 38.7 Å². The van der Waals surface area contributed by atoms with Crippen LogP contribution in [-0.4, -0.2) is 217 Å². The van der Waals surface area contributed by atoms with Gasteiger partial charge in [0.15, 0.2) is 11.5 Å². The van der Waals surface area contributed by atoms with Crippen molar-refractivity contribution in [3.63, 3.8) is 0 Å². The van der Waals surface area contributed by atoms with E-state index in [1.54, 1.807) is 0 Å². The van der Waals surface area contributed by atoms with E-state index in [0.29, 0.717) is 0 Å². The van der Waals surface area contributed by atoms with Gasteiger partial charge in [-0.2, -0.15) is 0 Å². The van der Waals surface area contributed by atoms with Crippen LogP contribution < -0.4 is 37.1 Å². The molecule has 16 N–H and O–H groups in total. The van der Waals surface area contributed by atoms with Crippen LogP contribution in [0.25, 0.3) is 0 Å². The minimum absolute atomic E-state index is 0.00271. The van der Waals surface area contributed by atoms with Gasteiger partial charge in [0.25, 0.3) is 0 Å². The number of carbonyl (C=O) groups excluding carboxylic acids is 6. The van der Waals surface area contributed by atoms with E-state index in [1.807, 2.05) is 0 Å². The van der Waals surface area contributed by atoms with Gasteiger partial charge in [-0.3, -0.25) is 28.8 Å². The van der Waals surface area contributed by atoms with Gasteiger partial charge in [-0.25, -0.2) is 0 Å². The number of ether oxygens (including phenoxy) is 1. The number of nitrogens with two attached hydrogens (primary N) is 1. The quantitative estimate of drug-likeness (QED) is 0.0926. The van der Waals surface area contributed by atoms with Crippen molar-refractivity contribution in [1.29, 1.82) is 0 Å². The Bertz CT molecular complexity index is 1770. The number of aliphatic hydroxyl groups excluding tert-OH is 8. The predicted molar refractivity (Wildman–Crippen MR) is 217 cm³/mol. The second-order valence-corrected chi connectivity index (χ2v) is 16.4. The maximum absolute atomic E-state index is 14.5. The Kier molecular flexibility index (Phi) is 18.4. The summed E-state index contributed by atoms with van der Waals surface area (Å²) < 4.78 is 5.15. The highest BCUT2D eigenvalue weighted by Crippen LogP contribution is 2.28. The van der Waals surface area contributed by atoms with E-state index in [2.05, 4.69) is 26.6 Å². The van der Waals surface area contributed by atoms with E-state index in [-0.39, 0.29) is 36.6 Å². The molecule has 0 spiro atoms. The summed E-state index contributed by atoms with van der Waals surface area (Å²) in [4.78, 5) is 85.8. The summed E-state index contributed by atoms with van der Waals surface area (Å²) in [6.07, 6.45) is -11.2. The Balaban J connectivity index is 1.82. The molecule has 24 nitrogen and oxygen atoms in total. The van der Waals surface area contributed by atoms with Crippen molar-refractivity contribution in [1.82, 2.24) is 36.4 Å². The summed E-state index contributed by atoms with van der Waals surface area (Å²) in [5, 5.41) is 108. The molecule has 24 heteroatoms. The summed E-state index contributed by atoms with van der Waals surface area (Å²) >= 11 is 0. The molecule has 0 bridgehead atoms. The van der Waals surface area contributed by atoms with Gasteiger partial charge >= 0.3 is 0 Å². The first-order valence-electron chi connectivity index (χ1n) is 20.7. The van der Waals surface area contributed by atoms with Crippen molar-refractivity contribution >= 4 is 35.4 Å². The number of hydrogen-bond donors (Lipinski definition) is 15. The van der Waals surface area contributed by atoms with Gasteiger partial charge in [0.2, 0.25) is 35.4 Å². The van der Waals surface area contributed by atoms with E-state index in [0.717, 1.165) is 16.7 Å². The van der Waals surface area contributed by atoms with Gasteiger partial charge < -0.3 is 92.8 Å². The van der Waals surface area contributed by atoms with Crippen LogP contribution in [0, 0.1) is 5.92 Å². The number of nitrogens with one attached hydrogen (secondary N) is 5. The number of methoxy groups -OCH3 is 1. The van der Waals surface area contributed by atoms with Gasteiger partial charge in [0.1, 0.15) is 30.2 Å². The van der Waals surface area contributed by atoms with E-state index in [1.165, 1.54) is 32.2 Å². The summed E-state index contributed by atoms with van der Waals surface area (Å²) in [6.45, 7) is 0.276. The molecule has 3 saturated heterocycles. The lowest BCUT2D eigenvalue weighted by atomic mass is 9.98. The standard InChI is InChI=1S/C39H62N8O16/c1-17-13-47-32(33(17)56)37(60)42-12-21(51)10-23(40)34(57)43-29(18(2)50)38(61)46-14-22(52)11-24(46)35(58)44-30(27(55)8-19-4-5-25(53)28(9-19)63-3)36(59)45-31(39(47)62)26(54)6-7-41-20(15-48)16-49/h4-5,9,17-18,20-24,26-27,29-33,41,48-56H,6-8,10-16,40H2,1-3H3,(H,42,60)(H,43,57)(H,44,58)(H,45,59)/t17-,18+,21+,22+,23-,24-,26+,27+,29-,30-,31-,32-,33-/m0/s1. The predicted octanol–water partition coefficient (Wildman–Crippen LogP) is -7.79. The molecule has 3 aliphatic rings. The van der Waals surface area contributed by atoms with Crippen LogP contribution >= 0.6 is 0 Å². The maximum atomic E-state index is 14.5. The monoisotopic (exact) mass is 898 g/mol. The van der Waals surface area contributed by atoms with Crippen LogP contribution in [-0.2, 0) is 35.2 Å². The minimum Gasteiger partial charge on any atom is -0.504 e. The summed E-state index contributed by atoms with van der Waals surface area (Å²) in [5.41, 5.74) is 6.32. The summed E-state index contributed by atoms with van der Waals surface area (Å²) in [6, 6.07) is -7.29. The molecule has 354 valence electrons. The first-order chi connectivity index (χ1) is 29.7. The molecular weight excluding hydrogens is 836 g/mol. The molecule has 1 aromatic rings. The normalized spacial score (nSPS) is 30.9. The lowest BCUT2D eigenvalue weighted by molar-refractivity contribution is -0.147. The van der Waals surface area contributed by atoms with Crippen molar-refractivity contribution in [3.05, 3.63) is 23.8 Å². The zero-order valence-corrected chi connectivity index (χ0v) is 35.2. The SMILES string of the molecule is COc1cc(C[C@@H](O)[C@@H]2NC(=O)[C@@H]3C[C@@H](O)CN3C(=O)[C@H]([C@@H](C)O)NC(=O)[C@@H](N)C[C@@H](O)CNC(=O)[C@@H]3[C@@H](O)[C@@H](C)CN3C(=O)[C@H]([C@H](O)CCNC(CO)CO)NC2=O)ccc1O. The lowest BCUT2D eigenvalue weighted by Crippen LogP contribution is -2.64. The number of nitrogens with zero attached hydrogens (tertiary/aromatic N) is 2. The molecule has 1 aromatic carbocycles. The molecular formula is C39H62N8O16. The number of carbonyl (C=O) groups is 6. The fraction of sp³-hybridized carbons (Fsp3) is 0.692. The fourth-order valence-electron chi connectivity index (χ4n) is 7.82. The van der Waals surface area contributed by atoms with Crippen molar-refractivity contribution in [2.75, 3.05) is 46.5 Å². The van der Waals surface area contributed by atoms with Gasteiger partial charge in [-0.05, 0) is 44.0 Å². The van der Waals surface area contributed by atoms with Crippen LogP contribution in [0.2, 0.25) is 0 Å². The van der Waals surface area contributed by atoms with E-state index < -0.39 is 166 Å². The summed E-state index contributed by atoms with van der Waals surface area (Å²) in [7, 11) is 1.27. The number of rotatable bonds is 12. The Morgan fingerprint density at radius 3 is 2.10 bits per heavy atom. The molecule has 4 rings (SSSR count). The smallest absolute Gasteiger partial charge is 0.248 e. The molecule has 0 aliphatic carbocycles. The fourth-order valence-corrected chi connectivity index (χ4v) is 7.82. The van der Waals surface area contributed by atoms with Gasteiger partial charge in [-0.1, -0.05) is 13.0 Å². The largest absolute Gasteiger partial charge is 0.504 e. The minimum atomic E-state index is -2.01. The maximum Gasteiger partial charge on any atom is 0.248 e. The van der Waals surface area contributed by atoms with Crippen molar-refractivity contribution < 1.29 is 79.5 Å². The molecule has 0 aromatic heterocycles. The molecule has 0 unspecified atom stereocenters. The number of fused-ring (bicyclic) bond motifs is 2. The molecule has 13 atom stereocenters. The van der Waals surface area contributed by atoms with E-state index in [9.17, 15) is 74.7 Å². The number of β-amino-alcohol motifs (C(OH)–C–C–N with tert-alkyl or cyclic N) is 1. The number of aromatic hydroxyl groups is 1. The molecule has 3 fully saturated rings. The molecule has 63 heavy (non-hydrogen) atoms. The van der Waals surface area contributed by atoms with Crippen LogP contribution in [0.3, 0.4) is 0 Å². The van der Waals surface area contributed by atoms with Crippen molar-refractivity contribution in [2.45, 2.75) is 118 Å². The molecule has 3 aliphatic heterocycles. The van der Waals surface area contributed by atoms with E-state index >= 15 is 0 Å². The van der Waals surface area contributed by atoms with Gasteiger partial charge in [0, 0.05) is 38.4 Å². The average Bonchev–Trinajstić information content (AvgIpc) is 3.78. The molecule has 6 amide bonds. The number of phenols is 1. The third-order valence-corrected chi connectivity index (χ3v) is 11.5. The van der Waals surface area contributed by atoms with Crippen molar-refractivity contribution in [2.24, 2.45) is 11.7 Å². The topological polar surface area (TPSA) is 386 Å². The Hall–Kier alpha value is -4.76. The number of hydrogen-bond acceptors (Lipinski definition) is 18. The first kappa shape index (κ1) is 50.9. The Labute approximate surface area is 362 Å². The first-order valence-corrected chi connectivity index (χ1v) is 20.7. The third-order valence-electron chi connectivity index (χ3n) is 11.5. The van der Waals surface area contributed by atoms with E-state index in [4.69, 9.17) is 10.5 Å². The number of aliphatic hydroxyl groups is 8. The molecule has 0 radical (unpaired) electrons. The van der Waals surface area contributed by atoms with Gasteiger partial charge in [0.05, 0.1) is 69.0 Å². The van der Waals surface area contributed by atoms with Crippen LogP contribution in [0.5, 0.6) is 11.5 Å². The Morgan fingerprint density at radius 2 is 1.46 bits per heavy atom. The zero-order valence-electron chi connectivity index (χ0n) is 35.2. The number of benzene rings is 1. The number of phenolic OH excluding ortho intramolecular Hbond substituents is 1. The molecule has 0 saturated carbocycles. The highest BCUT2D eigenvalue weighted by Gasteiger charge is 2.49. The second kappa shape index (κ2) is 22.7. The Morgan fingerprint density at radius 1 is 0.825 bits per heavy atom. The third kappa shape index (κ3) is 12.7.